The largest absolute Gasteiger partial charge is 0.494 e. The summed E-state index contributed by atoms with van der Waals surface area (Å²) in [5.74, 6) is 0.668. The fourth-order valence-electron chi connectivity index (χ4n) is 4.29. The number of piperazine rings is 1. The number of anilines is 2. The zero-order valence-electron chi connectivity index (χ0n) is 20.0. The highest BCUT2D eigenvalue weighted by molar-refractivity contribution is 5.94. The Morgan fingerprint density at radius 1 is 1.03 bits per heavy atom. The fraction of sp³-hybridized carbons (Fsp3) is 0.296. The van der Waals surface area contributed by atoms with Gasteiger partial charge in [-0.25, -0.2) is 0 Å². The molecule has 0 radical (unpaired) electrons. The van der Waals surface area contributed by atoms with Crippen molar-refractivity contribution in [2.75, 3.05) is 43.0 Å². The van der Waals surface area contributed by atoms with Crippen LogP contribution in [0, 0.1) is 10.1 Å². The monoisotopic (exact) mass is 474 g/mol. The minimum absolute atomic E-state index is 0.0195. The first kappa shape index (κ1) is 24.1. The molecule has 0 aromatic heterocycles. The van der Waals surface area contributed by atoms with Gasteiger partial charge in [0.15, 0.2) is 0 Å². The van der Waals surface area contributed by atoms with Gasteiger partial charge in [0.2, 0.25) is 0 Å². The Hall–Kier alpha value is -4.07. The maximum atomic E-state index is 13.0. The lowest BCUT2D eigenvalue weighted by atomic mass is 10.1. The van der Waals surface area contributed by atoms with Gasteiger partial charge in [0.05, 0.1) is 11.5 Å². The summed E-state index contributed by atoms with van der Waals surface area (Å²) in [7, 11) is 0. The Kier molecular flexibility index (Phi) is 7.50. The number of hydrogen-bond acceptors (Lipinski definition) is 6. The fourth-order valence-corrected chi connectivity index (χ4v) is 4.29. The van der Waals surface area contributed by atoms with Gasteiger partial charge in [-0.2, -0.15) is 0 Å². The van der Waals surface area contributed by atoms with E-state index in [-0.39, 0.29) is 22.6 Å². The Balaban J connectivity index is 1.45. The van der Waals surface area contributed by atoms with Crippen molar-refractivity contribution in [3.05, 3.63) is 94.0 Å². The third kappa shape index (κ3) is 5.71. The molecule has 8 nitrogen and oxygen atoms in total. The highest BCUT2D eigenvalue weighted by Gasteiger charge is 2.24. The number of ether oxygens (including phenoxy) is 1. The first-order valence-corrected chi connectivity index (χ1v) is 11.8. The van der Waals surface area contributed by atoms with Gasteiger partial charge >= 0.3 is 0 Å². The molecule has 1 aliphatic rings. The average molecular weight is 475 g/mol. The van der Waals surface area contributed by atoms with Gasteiger partial charge in [-0.15, -0.1) is 0 Å². The molecule has 1 N–H and O–H groups in total. The lowest BCUT2D eigenvalue weighted by molar-refractivity contribution is -0.384. The van der Waals surface area contributed by atoms with Gasteiger partial charge in [-0.05, 0) is 49.7 Å². The summed E-state index contributed by atoms with van der Waals surface area (Å²) in [5, 5.41) is 15.0. The van der Waals surface area contributed by atoms with Gasteiger partial charge in [-0.3, -0.25) is 14.9 Å². The molecule has 0 saturated carbocycles. The maximum Gasteiger partial charge on any atom is 0.292 e. The van der Waals surface area contributed by atoms with E-state index in [4.69, 9.17) is 4.74 Å². The van der Waals surface area contributed by atoms with Gasteiger partial charge in [0.1, 0.15) is 11.4 Å². The molecule has 3 aromatic rings. The van der Waals surface area contributed by atoms with Crippen LogP contribution in [0.25, 0.3) is 0 Å². The van der Waals surface area contributed by atoms with E-state index in [0.717, 1.165) is 11.3 Å². The third-order valence-corrected chi connectivity index (χ3v) is 6.17. The number of nitro benzene ring substituents is 1. The zero-order valence-corrected chi connectivity index (χ0v) is 20.0. The van der Waals surface area contributed by atoms with Gasteiger partial charge in [-0.1, -0.05) is 36.4 Å². The molecule has 4 rings (SSSR count). The van der Waals surface area contributed by atoms with E-state index in [2.05, 4.69) is 10.2 Å². The topological polar surface area (TPSA) is 88.0 Å². The Labute approximate surface area is 205 Å². The van der Waals surface area contributed by atoms with Crippen LogP contribution < -0.4 is 15.0 Å². The van der Waals surface area contributed by atoms with Crippen LogP contribution in [0.3, 0.4) is 0 Å². The van der Waals surface area contributed by atoms with E-state index in [9.17, 15) is 14.9 Å². The van der Waals surface area contributed by atoms with Crippen molar-refractivity contribution in [2.24, 2.45) is 0 Å². The summed E-state index contributed by atoms with van der Waals surface area (Å²) in [6.45, 7) is 6.86. The van der Waals surface area contributed by atoms with Crippen LogP contribution in [-0.4, -0.2) is 48.5 Å². The van der Waals surface area contributed by atoms with Crippen molar-refractivity contribution < 1.29 is 14.5 Å². The third-order valence-electron chi connectivity index (χ3n) is 6.17. The van der Waals surface area contributed by atoms with E-state index in [1.54, 1.807) is 24.3 Å². The standard InChI is InChI=1S/C27H30N4O4/c1-3-35-24-11-7-10-22(18-24)27(32)30-16-14-29(15-17-30)23-12-13-26(31(33)34)25(19-23)28-20(2)21-8-5-4-6-9-21/h4-13,18-20,28H,3,14-17H2,1-2H3/t20-/m0/s1. The molecule has 1 heterocycles. The Morgan fingerprint density at radius 3 is 2.46 bits per heavy atom. The normalized spacial score (nSPS) is 14.3. The lowest BCUT2D eigenvalue weighted by Gasteiger charge is -2.36. The predicted octanol–water partition coefficient (Wildman–Crippen LogP) is 5.13. The second-order valence-electron chi connectivity index (χ2n) is 8.48. The maximum absolute atomic E-state index is 13.0. The molecule has 0 bridgehead atoms. The number of nitro groups is 1. The predicted molar refractivity (Wildman–Crippen MR) is 137 cm³/mol. The van der Waals surface area contributed by atoms with E-state index in [1.165, 1.54) is 0 Å². The Morgan fingerprint density at radius 2 is 1.77 bits per heavy atom. The number of benzene rings is 3. The van der Waals surface area contributed by atoms with E-state index >= 15 is 0 Å². The van der Waals surface area contributed by atoms with Crippen molar-refractivity contribution >= 4 is 23.0 Å². The van der Waals surface area contributed by atoms with Crippen LogP contribution in [-0.2, 0) is 0 Å². The highest BCUT2D eigenvalue weighted by Crippen LogP contribution is 2.33. The van der Waals surface area contributed by atoms with Gasteiger partial charge < -0.3 is 19.9 Å². The smallest absolute Gasteiger partial charge is 0.292 e. The summed E-state index contributed by atoms with van der Waals surface area (Å²) >= 11 is 0. The Bertz CT molecular complexity index is 1180. The van der Waals surface area contributed by atoms with E-state index in [1.807, 2.05) is 67.3 Å². The average Bonchev–Trinajstić information content (AvgIpc) is 2.89. The second-order valence-corrected chi connectivity index (χ2v) is 8.48. The molecule has 0 spiro atoms. The minimum Gasteiger partial charge on any atom is -0.494 e. The number of carbonyl (C=O) groups is 1. The second kappa shape index (κ2) is 10.9. The zero-order chi connectivity index (χ0) is 24.8. The van der Waals surface area contributed by atoms with Crippen molar-refractivity contribution in [1.29, 1.82) is 0 Å². The number of rotatable bonds is 8. The van der Waals surface area contributed by atoms with Crippen LogP contribution in [0.2, 0.25) is 0 Å². The summed E-state index contributed by atoms with van der Waals surface area (Å²) in [5.41, 5.74) is 3.08. The van der Waals surface area contributed by atoms with Crippen LogP contribution >= 0.6 is 0 Å². The number of nitrogens with one attached hydrogen (secondary N) is 1. The van der Waals surface area contributed by atoms with Crippen molar-refractivity contribution in [2.45, 2.75) is 19.9 Å². The van der Waals surface area contributed by atoms with E-state index < -0.39 is 0 Å². The number of nitrogens with zero attached hydrogens (tertiary/aromatic N) is 3. The summed E-state index contributed by atoms with van der Waals surface area (Å²) < 4.78 is 5.52. The lowest BCUT2D eigenvalue weighted by Crippen LogP contribution is -2.48. The summed E-state index contributed by atoms with van der Waals surface area (Å²) in [6, 6.07) is 22.2. The molecule has 3 aromatic carbocycles. The van der Waals surface area contributed by atoms with E-state index in [0.29, 0.717) is 49.8 Å². The molecule has 182 valence electrons. The highest BCUT2D eigenvalue weighted by atomic mass is 16.6. The number of amides is 1. The molecule has 0 unspecified atom stereocenters. The molecule has 1 fully saturated rings. The van der Waals surface area contributed by atoms with Crippen molar-refractivity contribution in [3.8, 4) is 5.75 Å². The molecular weight excluding hydrogens is 444 g/mol. The molecular formula is C27H30N4O4. The molecule has 1 aliphatic heterocycles. The number of carbonyl (C=O) groups excluding carboxylic acids is 1. The number of hydrogen-bond donors (Lipinski definition) is 1. The van der Waals surface area contributed by atoms with Gasteiger partial charge in [0, 0.05) is 49.5 Å². The van der Waals surface area contributed by atoms with Crippen molar-refractivity contribution in [3.63, 3.8) is 0 Å². The van der Waals surface area contributed by atoms with Gasteiger partial charge in [0.25, 0.3) is 11.6 Å². The first-order chi connectivity index (χ1) is 17.0. The molecule has 0 aliphatic carbocycles. The molecule has 1 amide bonds. The molecule has 1 saturated heterocycles. The van der Waals surface area contributed by atoms with Crippen LogP contribution in [0.5, 0.6) is 5.75 Å². The molecule has 35 heavy (non-hydrogen) atoms. The summed E-state index contributed by atoms with van der Waals surface area (Å²) in [6.07, 6.45) is 0. The van der Waals surface area contributed by atoms with Crippen molar-refractivity contribution in [1.82, 2.24) is 4.90 Å². The van der Waals surface area contributed by atoms with Crippen LogP contribution in [0.4, 0.5) is 17.1 Å². The SMILES string of the molecule is CCOc1cccc(C(=O)N2CCN(c3ccc([N+](=O)[O-])c(N[C@@H](C)c4ccccc4)c3)CC2)c1. The first-order valence-electron chi connectivity index (χ1n) is 11.8. The summed E-state index contributed by atoms with van der Waals surface area (Å²) in [4.78, 5) is 28.3. The quantitative estimate of drug-likeness (QED) is 0.360. The van der Waals surface area contributed by atoms with Crippen LogP contribution in [0.1, 0.15) is 35.8 Å². The molecule has 8 heteroatoms. The van der Waals surface area contributed by atoms with Crippen LogP contribution in [0.15, 0.2) is 72.8 Å². The molecule has 1 atom stereocenters. The minimum atomic E-state index is -0.364.